The van der Waals surface area contributed by atoms with Gasteiger partial charge in [-0.15, -0.1) is 0 Å². The smallest absolute Gasteiger partial charge is 0.377 e. The highest BCUT2D eigenvalue weighted by atomic mass is 35.5. The number of halogens is 1. The third-order valence-corrected chi connectivity index (χ3v) is 2.80. The predicted molar refractivity (Wildman–Crippen MR) is 66.2 cm³/mol. The lowest BCUT2D eigenvalue weighted by atomic mass is 10.2. The Balaban J connectivity index is 2.51. The average molecular weight is 282 g/mol. The summed E-state index contributed by atoms with van der Waals surface area (Å²) in [5.74, 6) is -3.64. The Morgan fingerprint density at radius 2 is 1.79 bits per heavy atom. The molecule has 0 bridgehead atoms. The number of aromatic nitrogens is 1. The molecule has 6 nitrogen and oxygen atoms in total. The Morgan fingerprint density at radius 1 is 1.16 bits per heavy atom. The summed E-state index contributed by atoms with van der Waals surface area (Å²) in [7, 11) is 0. The number of benzene rings is 1. The quantitative estimate of drug-likeness (QED) is 0.654. The third kappa shape index (κ3) is 2.30. The van der Waals surface area contributed by atoms with Gasteiger partial charge in [-0.1, -0.05) is 29.8 Å². The zero-order chi connectivity index (χ0) is 14.0. The molecule has 0 aliphatic heterocycles. The minimum absolute atomic E-state index is 0.0158. The minimum Gasteiger partial charge on any atom is -0.477 e. The Labute approximate surface area is 112 Å². The van der Waals surface area contributed by atoms with E-state index in [1.54, 1.807) is 24.3 Å². The first-order valence-corrected chi connectivity index (χ1v) is 5.51. The number of para-hydroxylation sites is 1. The number of ether oxygens (including phenoxy) is 1. The molecule has 19 heavy (non-hydrogen) atoms. The zero-order valence-corrected chi connectivity index (χ0v) is 10.2. The van der Waals surface area contributed by atoms with E-state index in [1.165, 1.54) is 12.3 Å². The number of hydrogen-bond donors (Lipinski definition) is 2. The summed E-state index contributed by atoms with van der Waals surface area (Å²) >= 11 is 5.49. The van der Waals surface area contributed by atoms with Crippen molar-refractivity contribution in [1.82, 2.24) is 4.98 Å². The average Bonchev–Trinajstić information content (AvgIpc) is 2.38. The van der Waals surface area contributed by atoms with Crippen molar-refractivity contribution in [3.8, 4) is 5.75 Å². The molecule has 2 N–H and O–H groups in total. The maximum absolute atomic E-state index is 10.9. The summed E-state index contributed by atoms with van der Waals surface area (Å²) in [5, 5.41) is 15.5. The van der Waals surface area contributed by atoms with Crippen LogP contribution < -0.4 is 4.74 Å². The first kappa shape index (κ1) is 13.1. The van der Waals surface area contributed by atoms with Gasteiger partial charge >= 0.3 is 17.0 Å². The van der Waals surface area contributed by atoms with Gasteiger partial charge in [0.15, 0.2) is 0 Å². The van der Waals surface area contributed by atoms with Crippen molar-refractivity contribution in [3.63, 3.8) is 0 Å². The molecule has 2 aromatic rings. The van der Waals surface area contributed by atoms with Gasteiger partial charge in [0.1, 0.15) is 11.3 Å². The van der Waals surface area contributed by atoms with Crippen LogP contribution in [0.3, 0.4) is 0 Å². The Hall–Kier alpha value is -2.34. The van der Waals surface area contributed by atoms with E-state index in [4.69, 9.17) is 26.6 Å². The van der Waals surface area contributed by atoms with Gasteiger partial charge in [-0.2, -0.15) is 0 Å². The van der Waals surface area contributed by atoms with Gasteiger partial charge in [0.05, 0.1) is 0 Å². The topological polar surface area (TPSA) is 96.7 Å². The molecule has 2 rings (SSSR count). The summed E-state index contributed by atoms with van der Waals surface area (Å²) in [6.45, 7) is 0. The van der Waals surface area contributed by atoms with E-state index in [0.29, 0.717) is 10.9 Å². The Kier molecular flexibility index (Phi) is 3.26. The molecule has 7 heteroatoms. The molecule has 0 aliphatic rings. The fraction of sp³-hybridized carbons (Fsp3) is 0.0833. The van der Waals surface area contributed by atoms with Crippen LogP contribution in [-0.2, 0) is 9.59 Å². The molecular weight excluding hydrogens is 274 g/mol. The van der Waals surface area contributed by atoms with Crippen molar-refractivity contribution in [2.75, 3.05) is 0 Å². The molecule has 0 spiro atoms. The van der Waals surface area contributed by atoms with Crippen LogP contribution in [0.4, 0.5) is 0 Å². The fourth-order valence-corrected chi connectivity index (χ4v) is 1.57. The minimum atomic E-state index is -2.88. The highest BCUT2D eigenvalue weighted by Crippen LogP contribution is 2.29. The van der Waals surface area contributed by atoms with E-state index in [9.17, 15) is 9.59 Å². The van der Waals surface area contributed by atoms with Gasteiger partial charge < -0.3 is 14.9 Å². The molecular formula is C12H8ClNO5. The molecule has 98 valence electrons. The highest BCUT2D eigenvalue weighted by molar-refractivity contribution is 6.43. The lowest BCUT2D eigenvalue weighted by molar-refractivity contribution is -0.163. The van der Waals surface area contributed by atoms with Gasteiger partial charge in [0.25, 0.3) is 0 Å². The number of carboxylic acid groups (broad SMARTS) is 2. The van der Waals surface area contributed by atoms with Crippen molar-refractivity contribution < 1.29 is 24.5 Å². The number of aliphatic carboxylic acids is 2. The van der Waals surface area contributed by atoms with E-state index in [-0.39, 0.29) is 5.75 Å². The highest BCUT2D eigenvalue weighted by Gasteiger charge is 2.48. The molecule has 0 radical (unpaired) electrons. The molecule has 0 saturated heterocycles. The Morgan fingerprint density at radius 3 is 2.42 bits per heavy atom. The van der Waals surface area contributed by atoms with Gasteiger partial charge in [-0.25, -0.2) is 9.59 Å². The first-order chi connectivity index (χ1) is 8.95. The molecule has 0 atom stereocenters. The number of nitrogens with zero attached hydrogens (tertiary/aromatic N) is 1. The molecule has 0 fully saturated rings. The maximum Gasteiger partial charge on any atom is 0.377 e. The number of carboxylic acids is 2. The number of carbonyl (C=O) groups is 2. The molecule has 0 amide bonds. The van der Waals surface area contributed by atoms with Gasteiger partial charge in [-0.3, -0.25) is 4.98 Å². The summed E-state index contributed by atoms with van der Waals surface area (Å²) in [6, 6.07) is 8.13. The fourth-order valence-electron chi connectivity index (χ4n) is 1.49. The molecule has 0 saturated carbocycles. The Bertz CT molecular complexity index is 638. The van der Waals surface area contributed by atoms with Crippen molar-refractivity contribution in [2.45, 2.75) is 5.06 Å². The normalized spacial score (nSPS) is 11.2. The van der Waals surface area contributed by atoms with Crippen LogP contribution in [0.2, 0.25) is 0 Å². The second kappa shape index (κ2) is 4.74. The van der Waals surface area contributed by atoms with Crippen LogP contribution in [0.15, 0.2) is 36.5 Å². The lowest BCUT2D eigenvalue weighted by Crippen LogP contribution is -2.46. The molecule has 1 heterocycles. The van der Waals surface area contributed by atoms with Crippen molar-refractivity contribution >= 4 is 34.4 Å². The van der Waals surface area contributed by atoms with Gasteiger partial charge in [0, 0.05) is 11.6 Å². The molecule has 1 aromatic carbocycles. The van der Waals surface area contributed by atoms with E-state index < -0.39 is 17.0 Å². The number of rotatable bonds is 4. The van der Waals surface area contributed by atoms with E-state index >= 15 is 0 Å². The van der Waals surface area contributed by atoms with Gasteiger partial charge in [-0.05, 0) is 12.1 Å². The molecule has 0 aliphatic carbocycles. The maximum atomic E-state index is 10.9. The monoisotopic (exact) mass is 281 g/mol. The third-order valence-electron chi connectivity index (χ3n) is 2.40. The van der Waals surface area contributed by atoms with Crippen molar-refractivity contribution in [2.24, 2.45) is 0 Å². The van der Waals surface area contributed by atoms with Crippen LogP contribution >= 0.6 is 11.6 Å². The summed E-state index contributed by atoms with van der Waals surface area (Å²) < 4.78 is 4.94. The molecule has 1 aromatic heterocycles. The van der Waals surface area contributed by atoms with E-state index in [2.05, 4.69) is 4.98 Å². The number of fused-ring (bicyclic) bond motifs is 1. The van der Waals surface area contributed by atoms with Crippen molar-refractivity contribution in [3.05, 3.63) is 36.5 Å². The van der Waals surface area contributed by atoms with Crippen LogP contribution in [0.5, 0.6) is 5.75 Å². The lowest BCUT2D eigenvalue weighted by Gasteiger charge is -2.19. The van der Waals surface area contributed by atoms with Gasteiger partial charge in [0.2, 0.25) is 0 Å². The van der Waals surface area contributed by atoms with E-state index in [0.717, 1.165) is 0 Å². The number of alkyl halides is 1. The standard InChI is InChI=1S/C12H8ClNO5/c13-12(10(15)16,11(17)18)19-8-5-1-3-7-4-2-6-14-9(7)8/h1-6H,(H,15,16)(H,17,18). The number of hydrogen-bond acceptors (Lipinski definition) is 4. The largest absolute Gasteiger partial charge is 0.477 e. The van der Waals surface area contributed by atoms with Crippen LogP contribution in [-0.4, -0.2) is 32.2 Å². The van der Waals surface area contributed by atoms with E-state index in [1.807, 2.05) is 0 Å². The summed E-state index contributed by atoms with van der Waals surface area (Å²) in [4.78, 5) is 25.9. The zero-order valence-electron chi connectivity index (χ0n) is 9.41. The SMILES string of the molecule is O=C(O)C(Cl)(Oc1cccc2cccnc12)C(=O)O. The first-order valence-electron chi connectivity index (χ1n) is 5.13. The van der Waals surface area contributed by atoms with Crippen LogP contribution in [0.1, 0.15) is 0 Å². The number of pyridine rings is 1. The molecule has 0 unspecified atom stereocenters. The van der Waals surface area contributed by atoms with Crippen LogP contribution in [0.25, 0.3) is 10.9 Å². The second-order valence-electron chi connectivity index (χ2n) is 3.64. The predicted octanol–water partition coefficient (Wildman–Crippen LogP) is 1.72. The van der Waals surface area contributed by atoms with Crippen molar-refractivity contribution in [1.29, 1.82) is 0 Å². The van der Waals surface area contributed by atoms with Crippen LogP contribution in [0, 0.1) is 0 Å². The summed E-state index contributed by atoms with van der Waals surface area (Å²) in [6.07, 6.45) is 1.48. The summed E-state index contributed by atoms with van der Waals surface area (Å²) in [5.41, 5.74) is 0.331. The second-order valence-corrected chi connectivity index (χ2v) is 4.17.